The Hall–Kier alpha value is -3.24. The molecule has 230 valence electrons. The van der Waals surface area contributed by atoms with E-state index in [1.54, 1.807) is 6.07 Å². The summed E-state index contributed by atoms with van der Waals surface area (Å²) in [6.07, 6.45) is 0. The summed E-state index contributed by atoms with van der Waals surface area (Å²) in [5, 5.41) is 11.0. The molecular weight excluding hydrogens is 674 g/mol. The van der Waals surface area contributed by atoms with E-state index in [-0.39, 0.29) is 5.75 Å². The fourth-order valence-corrected chi connectivity index (χ4v) is 8.06. The number of benzene rings is 4. The zero-order valence-corrected chi connectivity index (χ0v) is 29.2. The third-order valence-corrected chi connectivity index (χ3v) is 9.64. The molecule has 4 nitrogen and oxygen atoms in total. The van der Waals surface area contributed by atoms with Crippen LogP contribution in [0.3, 0.4) is 0 Å². The molecule has 0 saturated carbocycles. The van der Waals surface area contributed by atoms with Gasteiger partial charge < -0.3 is 9.80 Å². The first kappa shape index (κ1) is 32.2. The maximum absolute atomic E-state index is 10.3. The molecule has 44 heavy (non-hydrogen) atoms. The van der Waals surface area contributed by atoms with Crippen LogP contribution in [0, 0.1) is 48.2 Å². The van der Waals surface area contributed by atoms with Gasteiger partial charge in [-0.2, -0.15) is 6.67 Å². The van der Waals surface area contributed by atoms with Crippen molar-refractivity contribution >= 4 is 46.3 Å². The summed E-state index contributed by atoms with van der Waals surface area (Å²) in [6, 6.07) is 26.2. The minimum absolute atomic E-state index is 0.206. The second-order valence-electron chi connectivity index (χ2n) is 11.4. The number of aromatic nitrogens is 1. The Balaban J connectivity index is 0.000000175. The molecule has 0 atom stereocenters. The SMILES string of the molecule is Cc1cc(C)c(N2[CH-]N(c3c(C)cc(C)cc3C)CC2)c(C)c1.Oc1cc(-c2ccccc2)nc2c([CH]=[Ru]([Cl])[Cl])cccc12. The monoisotopic (exact) mass is 712 g/mol. The molecule has 0 unspecified atom stereocenters. The molecule has 2 heterocycles. The zero-order chi connectivity index (χ0) is 31.5. The zero-order valence-electron chi connectivity index (χ0n) is 26.0. The normalized spacial score (nSPS) is 13.1. The summed E-state index contributed by atoms with van der Waals surface area (Å²) in [5.74, 6) is 0.206. The molecule has 1 fully saturated rings. The van der Waals surface area contributed by atoms with Crippen molar-refractivity contribution in [1.29, 1.82) is 0 Å². The number of fused-ring (bicyclic) bond motifs is 1. The average Bonchev–Trinajstić information content (AvgIpc) is 3.42. The van der Waals surface area contributed by atoms with Gasteiger partial charge in [0, 0.05) is 24.5 Å². The molecule has 0 bridgehead atoms. The fourth-order valence-electron chi connectivity index (χ4n) is 6.26. The van der Waals surface area contributed by atoms with Crippen LogP contribution in [0.2, 0.25) is 0 Å². The van der Waals surface area contributed by atoms with Gasteiger partial charge in [0.25, 0.3) is 0 Å². The van der Waals surface area contributed by atoms with Crippen molar-refractivity contribution in [3.63, 3.8) is 0 Å². The van der Waals surface area contributed by atoms with Crippen molar-refractivity contribution in [3.05, 3.63) is 124 Å². The van der Waals surface area contributed by atoms with Gasteiger partial charge >= 0.3 is 136 Å². The number of nitrogens with zero attached hydrogens (tertiary/aromatic N) is 3. The minimum atomic E-state index is -1.95. The maximum atomic E-state index is 10.3. The number of aromatic hydroxyl groups is 1. The summed E-state index contributed by atoms with van der Waals surface area (Å²) in [7, 11) is 11.9. The number of hydrogen-bond acceptors (Lipinski definition) is 4. The second-order valence-corrected chi connectivity index (χ2v) is 17.2. The first-order valence-electron chi connectivity index (χ1n) is 14.6. The van der Waals surface area contributed by atoms with Crippen LogP contribution in [-0.2, 0) is 13.5 Å². The fraction of sp³-hybridized carbons (Fsp3) is 0.216. The van der Waals surface area contributed by atoms with E-state index in [9.17, 15) is 5.11 Å². The van der Waals surface area contributed by atoms with E-state index < -0.39 is 13.5 Å². The van der Waals surface area contributed by atoms with E-state index in [0.29, 0.717) is 5.39 Å². The van der Waals surface area contributed by atoms with E-state index in [1.165, 1.54) is 44.8 Å². The van der Waals surface area contributed by atoms with Crippen molar-refractivity contribution < 1.29 is 18.6 Å². The number of hydrogen-bond donors (Lipinski definition) is 1. The van der Waals surface area contributed by atoms with E-state index in [0.717, 1.165) is 35.4 Å². The average molecular weight is 713 g/mol. The molecule has 0 aliphatic carbocycles. The Bertz CT molecular complexity index is 1740. The van der Waals surface area contributed by atoms with Gasteiger partial charge in [0.15, 0.2) is 0 Å². The quantitative estimate of drug-likeness (QED) is 0.149. The molecule has 6 rings (SSSR count). The molecule has 1 saturated heterocycles. The summed E-state index contributed by atoms with van der Waals surface area (Å²) in [5.41, 5.74) is 14.1. The first-order chi connectivity index (χ1) is 21.0. The van der Waals surface area contributed by atoms with Gasteiger partial charge in [-0.25, -0.2) is 0 Å². The molecule has 0 amide bonds. The third-order valence-electron chi connectivity index (χ3n) is 7.81. The van der Waals surface area contributed by atoms with Crippen molar-refractivity contribution in [2.45, 2.75) is 41.5 Å². The molecule has 1 aromatic heterocycles. The number of halogens is 2. The van der Waals surface area contributed by atoms with Crippen LogP contribution in [0.15, 0.2) is 78.9 Å². The second kappa shape index (κ2) is 13.8. The number of pyridine rings is 1. The van der Waals surface area contributed by atoms with Crippen LogP contribution in [0.4, 0.5) is 11.4 Å². The number of para-hydroxylation sites is 1. The summed E-state index contributed by atoms with van der Waals surface area (Å²) < 4.78 is 1.84. The number of rotatable bonds is 4. The van der Waals surface area contributed by atoms with E-state index in [2.05, 4.69) is 87.3 Å². The molecule has 4 aromatic carbocycles. The van der Waals surface area contributed by atoms with Crippen LogP contribution in [-0.4, -0.2) is 27.8 Å². The van der Waals surface area contributed by atoms with E-state index in [1.807, 2.05) is 53.1 Å². The summed E-state index contributed by atoms with van der Waals surface area (Å²) in [4.78, 5) is 9.48. The van der Waals surface area contributed by atoms with Gasteiger partial charge in [-0.1, -0.05) is 35.4 Å². The Morgan fingerprint density at radius 3 is 1.75 bits per heavy atom. The van der Waals surface area contributed by atoms with E-state index >= 15 is 0 Å². The van der Waals surface area contributed by atoms with Gasteiger partial charge in [-0.3, -0.25) is 0 Å². The Labute approximate surface area is 274 Å². The molecule has 0 radical (unpaired) electrons. The molecule has 1 aliphatic rings. The number of aryl methyl sites for hydroxylation is 6. The van der Waals surface area contributed by atoms with Gasteiger partial charge in [-0.15, -0.1) is 0 Å². The first-order valence-corrected chi connectivity index (χ1v) is 20.0. The Kier molecular flexibility index (Phi) is 10.1. The van der Waals surface area contributed by atoms with Gasteiger partial charge in [0.2, 0.25) is 0 Å². The molecular formula is C37H38Cl2N3ORu-. The van der Waals surface area contributed by atoms with Gasteiger partial charge in [-0.05, 0) is 63.8 Å². The molecule has 0 spiro atoms. The molecule has 5 aromatic rings. The Morgan fingerprint density at radius 2 is 1.25 bits per heavy atom. The van der Waals surface area contributed by atoms with Gasteiger partial charge in [0.1, 0.15) is 0 Å². The predicted octanol–water partition coefficient (Wildman–Crippen LogP) is 9.67. The summed E-state index contributed by atoms with van der Waals surface area (Å²) >= 11 is -1.95. The van der Waals surface area contributed by atoms with Crippen molar-refractivity contribution in [3.8, 4) is 17.0 Å². The van der Waals surface area contributed by atoms with Crippen LogP contribution in [0.5, 0.6) is 5.75 Å². The van der Waals surface area contributed by atoms with Crippen LogP contribution in [0.25, 0.3) is 22.2 Å². The van der Waals surface area contributed by atoms with Crippen LogP contribution >= 0.6 is 19.4 Å². The third kappa shape index (κ3) is 7.18. The molecule has 1 N–H and O–H groups in total. The predicted molar refractivity (Wildman–Crippen MR) is 186 cm³/mol. The van der Waals surface area contributed by atoms with E-state index in [4.69, 9.17) is 19.4 Å². The standard InChI is InChI=1S/C21H27N2.C16H11NO.2ClH.Ru/c1-14-9-16(3)20(17(4)10-14)22-7-8-23(13-22)21-18(5)11-15(2)12-19(21)6;1-11-6-5-9-13-15(18)10-14(17-16(11)13)12-7-3-2-4-8-12;;;/h9-13H,7-8H2,1-6H3;1-10H,(H,17,18);2*1H;/q-1;;;;+2/p-2. The van der Waals surface area contributed by atoms with Gasteiger partial charge in [0.05, 0.1) is 0 Å². The van der Waals surface area contributed by atoms with Crippen molar-refractivity contribution in [2.75, 3.05) is 22.9 Å². The summed E-state index contributed by atoms with van der Waals surface area (Å²) in [6.45, 7) is 17.6. The van der Waals surface area contributed by atoms with Crippen LogP contribution in [0.1, 0.15) is 38.9 Å². The molecule has 7 heteroatoms. The Morgan fingerprint density at radius 1 is 0.727 bits per heavy atom. The van der Waals surface area contributed by atoms with Crippen molar-refractivity contribution in [1.82, 2.24) is 4.98 Å². The van der Waals surface area contributed by atoms with Crippen molar-refractivity contribution in [2.24, 2.45) is 0 Å². The molecule has 1 aliphatic heterocycles. The van der Waals surface area contributed by atoms with Crippen LogP contribution < -0.4 is 9.80 Å². The number of anilines is 2. The topological polar surface area (TPSA) is 39.6 Å².